The van der Waals surface area contributed by atoms with Crippen LogP contribution in [-0.4, -0.2) is 13.3 Å². The Morgan fingerprint density at radius 1 is 1.10 bits per heavy atom. The molecule has 0 spiro atoms. The van der Waals surface area contributed by atoms with Crippen LogP contribution in [0.2, 0.25) is 0 Å². The van der Waals surface area contributed by atoms with E-state index in [9.17, 15) is 22.9 Å². The van der Waals surface area contributed by atoms with E-state index in [0.717, 1.165) is 12.1 Å². The zero-order valence-corrected chi connectivity index (χ0v) is 11.2. The minimum absolute atomic E-state index is 0.114. The number of nitro groups is 1. The van der Waals surface area contributed by atoms with Crippen LogP contribution in [-0.2, 0) is 9.84 Å². The molecule has 0 aliphatic carbocycles. The Bertz CT molecular complexity index is 772. The van der Waals surface area contributed by atoms with E-state index in [1.807, 2.05) is 0 Å². The van der Waals surface area contributed by atoms with Crippen LogP contribution >= 0.6 is 0 Å². The maximum atomic E-state index is 13.6. The van der Waals surface area contributed by atoms with Crippen LogP contribution in [0.4, 0.5) is 10.1 Å². The van der Waals surface area contributed by atoms with Gasteiger partial charge < -0.3 is 0 Å². The molecular formula is C13H10FNO4S. The molecule has 0 radical (unpaired) electrons. The Kier molecular flexibility index (Phi) is 3.54. The second-order valence-electron chi connectivity index (χ2n) is 4.09. The maximum Gasteiger partial charge on any atom is 0.288 e. The number of nitrogens with zero attached hydrogens (tertiary/aromatic N) is 1. The van der Waals surface area contributed by atoms with Gasteiger partial charge in [0.1, 0.15) is 5.82 Å². The van der Waals surface area contributed by atoms with Crippen molar-refractivity contribution in [3.05, 3.63) is 64.0 Å². The van der Waals surface area contributed by atoms with Crippen molar-refractivity contribution in [3.63, 3.8) is 0 Å². The predicted octanol–water partition coefficient (Wildman–Crippen LogP) is 2.88. The second kappa shape index (κ2) is 5.01. The highest BCUT2D eigenvalue weighted by Gasteiger charge is 2.31. The lowest BCUT2D eigenvalue weighted by Gasteiger charge is -2.09. The van der Waals surface area contributed by atoms with Gasteiger partial charge in [-0.05, 0) is 25.1 Å². The normalized spacial score (nSPS) is 11.3. The molecule has 0 N–H and O–H groups in total. The van der Waals surface area contributed by atoms with Gasteiger partial charge in [-0.2, -0.15) is 0 Å². The maximum absolute atomic E-state index is 13.6. The van der Waals surface area contributed by atoms with E-state index >= 15 is 0 Å². The Hall–Kier alpha value is -2.28. The molecule has 2 rings (SSSR count). The molecule has 5 nitrogen and oxygen atoms in total. The highest BCUT2D eigenvalue weighted by atomic mass is 32.2. The monoisotopic (exact) mass is 295 g/mol. The molecule has 104 valence electrons. The first kappa shape index (κ1) is 14.1. The second-order valence-corrected chi connectivity index (χ2v) is 5.98. The average molecular weight is 295 g/mol. The summed E-state index contributed by atoms with van der Waals surface area (Å²) in [5, 5.41) is 11.0. The first-order valence-electron chi connectivity index (χ1n) is 5.59. The van der Waals surface area contributed by atoms with Gasteiger partial charge in [-0.25, -0.2) is 12.8 Å². The van der Waals surface area contributed by atoms with Gasteiger partial charge >= 0.3 is 0 Å². The van der Waals surface area contributed by atoms with Gasteiger partial charge in [0.15, 0.2) is 4.90 Å². The summed E-state index contributed by atoms with van der Waals surface area (Å²) < 4.78 is 38.5. The number of halogens is 1. The van der Waals surface area contributed by atoms with Crippen LogP contribution in [0.15, 0.2) is 52.3 Å². The lowest BCUT2D eigenvalue weighted by molar-refractivity contribution is -0.388. The third-order valence-corrected chi connectivity index (χ3v) is 4.78. The standard InChI is InChI=1S/C13H10FNO4S/c1-9-11(14)7-8-12(15(16)17)13(9)20(18,19)10-5-3-2-4-6-10/h2-8H,1H3. The summed E-state index contributed by atoms with van der Waals surface area (Å²) in [6.45, 7) is 1.21. The van der Waals surface area contributed by atoms with Gasteiger partial charge in [0.2, 0.25) is 9.84 Å². The van der Waals surface area contributed by atoms with E-state index in [1.54, 1.807) is 6.07 Å². The third-order valence-electron chi connectivity index (χ3n) is 2.84. The third kappa shape index (κ3) is 2.27. The Balaban J connectivity index is 2.81. The summed E-state index contributed by atoms with van der Waals surface area (Å²) in [4.78, 5) is 9.43. The lowest BCUT2D eigenvalue weighted by atomic mass is 10.2. The summed E-state index contributed by atoms with van der Waals surface area (Å²) in [6, 6.07) is 8.97. The predicted molar refractivity (Wildman–Crippen MR) is 69.7 cm³/mol. The summed E-state index contributed by atoms with van der Waals surface area (Å²) >= 11 is 0. The molecule has 2 aromatic carbocycles. The van der Waals surface area contributed by atoms with Crippen LogP contribution < -0.4 is 0 Å². The van der Waals surface area contributed by atoms with Gasteiger partial charge in [0.25, 0.3) is 5.69 Å². The first-order chi connectivity index (χ1) is 9.35. The van der Waals surface area contributed by atoms with E-state index in [1.165, 1.54) is 31.2 Å². The van der Waals surface area contributed by atoms with E-state index < -0.39 is 31.2 Å². The summed E-state index contributed by atoms with van der Waals surface area (Å²) in [5.74, 6) is -0.801. The topological polar surface area (TPSA) is 77.3 Å². The van der Waals surface area contributed by atoms with Crippen LogP contribution in [0.3, 0.4) is 0 Å². The minimum atomic E-state index is -4.15. The Morgan fingerprint density at radius 3 is 2.25 bits per heavy atom. The van der Waals surface area contributed by atoms with E-state index in [0.29, 0.717) is 0 Å². The average Bonchev–Trinajstić information content (AvgIpc) is 2.42. The Morgan fingerprint density at radius 2 is 1.70 bits per heavy atom. The minimum Gasteiger partial charge on any atom is -0.258 e. The number of hydrogen-bond donors (Lipinski definition) is 0. The smallest absolute Gasteiger partial charge is 0.258 e. The number of nitro benzene ring substituents is 1. The van der Waals surface area contributed by atoms with Gasteiger partial charge in [-0.15, -0.1) is 0 Å². The van der Waals surface area contributed by atoms with Crippen molar-refractivity contribution < 1.29 is 17.7 Å². The fourth-order valence-corrected chi connectivity index (χ4v) is 3.52. The van der Waals surface area contributed by atoms with Gasteiger partial charge in [0, 0.05) is 11.6 Å². The molecule has 0 fully saturated rings. The molecule has 0 bridgehead atoms. The lowest BCUT2D eigenvalue weighted by Crippen LogP contribution is -2.09. The van der Waals surface area contributed by atoms with Crippen molar-refractivity contribution in [1.29, 1.82) is 0 Å². The molecule has 0 heterocycles. The zero-order valence-electron chi connectivity index (χ0n) is 10.4. The van der Waals surface area contributed by atoms with Gasteiger partial charge in [-0.1, -0.05) is 18.2 Å². The molecular weight excluding hydrogens is 285 g/mol. The molecule has 0 saturated heterocycles. The van der Waals surface area contributed by atoms with E-state index in [4.69, 9.17) is 0 Å². The van der Waals surface area contributed by atoms with Crippen molar-refractivity contribution in [2.45, 2.75) is 16.7 Å². The largest absolute Gasteiger partial charge is 0.288 e. The molecule has 0 aliphatic rings. The number of benzene rings is 2. The van der Waals surface area contributed by atoms with E-state index in [-0.39, 0.29) is 10.5 Å². The molecule has 0 saturated carbocycles. The van der Waals surface area contributed by atoms with Crippen LogP contribution in [0, 0.1) is 22.9 Å². The SMILES string of the molecule is Cc1c(F)ccc([N+](=O)[O-])c1S(=O)(=O)c1ccccc1. The molecule has 0 unspecified atom stereocenters. The Labute approximate surface area is 114 Å². The van der Waals surface area contributed by atoms with Crippen molar-refractivity contribution in [2.75, 3.05) is 0 Å². The van der Waals surface area contributed by atoms with Crippen LogP contribution in [0.1, 0.15) is 5.56 Å². The highest BCUT2D eigenvalue weighted by molar-refractivity contribution is 7.91. The summed E-state index contributed by atoms with van der Waals surface area (Å²) in [6.07, 6.45) is 0. The zero-order chi connectivity index (χ0) is 14.9. The fraction of sp³-hybridized carbons (Fsp3) is 0.0769. The molecule has 0 aliphatic heterocycles. The van der Waals surface area contributed by atoms with Crippen LogP contribution in [0.25, 0.3) is 0 Å². The van der Waals surface area contributed by atoms with Gasteiger partial charge in [-0.3, -0.25) is 10.1 Å². The molecule has 2 aromatic rings. The summed E-state index contributed by atoms with van der Waals surface area (Å²) in [5.41, 5.74) is -0.893. The summed E-state index contributed by atoms with van der Waals surface area (Å²) in [7, 11) is -4.15. The van der Waals surface area contributed by atoms with Crippen molar-refractivity contribution in [3.8, 4) is 0 Å². The first-order valence-corrected chi connectivity index (χ1v) is 7.07. The number of hydrogen-bond acceptors (Lipinski definition) is 4. The number of rotatable bonds is 3. The fourth-order valence-electron chi connectivity index (χ4n) is 1.85. The van der Waals surface area contributed by atoms with Crippen molar-refractivity contribution in [2.24, 2.45) is 0 Å². The van der Waals surface area contributed by atoms with Crippen molar-refractivity contribution in [1.82, 2.24) is 0 Å². The molecule has 0 amide bonds. The molecule has 7 heteroatoms. The van der Waals surface area contributed by atoms with Crippen molar-refractivity contribution >= 4 is 15.5 Å². The van der Waals surface area contributed by atoms with Gasteiger partial charge in [0.05, 0.1) is 9.82 Å². The number of sulfone groups is 1. The van der Waals surface area contributed by atoms with Crippen LogP contribution in [0.5, 0.6) is 0 Å². The molecule has 0 atom stereocenters. The molecule has 0 aromatic heterocycles. The van der Waals surface area contributed by atoms with E-state index in [2.05, 4.69) is 0 Å². The molecule has 20 heavy (non-hydrogen) atoms. The quantitative estimate of drug-likeness (QED) is 0.644. The highest BCUT2D eigenvalue weighted by Crippen LogP contribution is 2.33.